The lowest BCUT2D eigenvalue weighted by atomic mass is 10.3. The summed E-state index contributed by atoms with van der Waals surface area (Å²) in [6.07, 6.45) is 1.17. The molecule has 1 aromatic carbocycles. The third-order valence-electron chi connectivity index (χ3n) is 2.46. The van der Waals surface area contributed by atoms with E-state index in [9.17, 15) is 13.2 Å². The molecule has 0 radical (unpaired) electrons. The summed E-state index contributed by atoms with van der Waals surface area (Å²) in [6.45, 7) is 2.57. The molecule has 1 aromatic rings. The van der Waals surface area contributed by atoms with Crippen LogP contribution in [0, 0.1) is 0 Å². The van der Waals surface area contributed by atoms with Crippen LogP contribution in [0.5, 0.6) is 0 Å². The monoisotopic (exact) mass is 302 g/mol. The molecule has 0 saturated heterocycles. The van der Waals surface area contributed by atoms with Crippen molar-refractivity contribution in [3.05, 3.63) is 24.3 Å². The number of carbonyl (C=O) groups is 1. The summed E-state index contributed by atoms with van der Waals surface area (Å²) in [7, 11) is -3.17. The molecule has 0 aromatic heterocycles. The van der Waals surface area contributed by atoms with Crippen LogP contribution in [0.15, 0.2) is 34.1 Å². The molecule has 3 N–H and O–H groups in total. The number of carbonyl (C=O) groups excluding carboxylic acids is 1. The second-order valence-corrected chi connectivity index (χ2v) is 7.18. The molecule has 1 amide bonds. The molecule has 0 fully saturated rings. The number of thioether (sulfide) groups is 1. The van der Waals surface area contributed by atoms with Crippen molar-refractivity contribution in [3.8, 4) is 0 Å². The summed E-state index contributed by atoms with van der Waals surface area (Å²) in [5.41, 5.74) is 5.27. The number of likely N-dealkylation sites (N-methyl/N-ethyl adjacent to an activating group) is 1. The molecule has 0 spiro atoms. The molecule has 106 valence electrons. The number of amides is 1. The number of rotatable bonds is 7. The average Bonchev–Trinajstić information content (AvgIpc) is 2.33. The molecule has 1 atom stereocenters. The fourth-order valence-electron chi connectivity index (χ4n) is 1.45. The molecule has 5 nitrogen and oxygen atoms in total. The summed E-state index contributed by atoms with van der Waals surface area (Å²) >= 11 is 1.46. The van der Waals surface area contributed by atoms with E-state index in [-0.39, 0.29) is 16.8 Å². The Balaban J connectivity index is 2.66. The molecule has 0 saturated carbocycles. The van der Waals surface area contributed by atoms with E-state index in [0.29, 0.717) is 12.3 Å². The van der Waals surface area contributed by atoms with E-state index in [1.54, 1.807) is 24.3 Å². The first-order valence-corrected chi connectivity index (χ1v) is 8.68. The Hall–Kier alpha value is -1.05. The zero-order valence-electron chi connectivity index (χ0n) is 10.9. The van der Waals surface area contributed by atoms with Crippen LogP contribution in [-0.4, -0.2) is 38.9 Å². The number of hydrogen-bond donors (Lipinski definition) is 2. The van der Waals surface area contributed by atoms with Crippen molar-refractivity contribution in [1.29, 1.82) is 0 Å². The highest BCUT2D eigenvalue weighted by Gasteiger charge is 2.14. The van der Waals surface area contributed by atoms with Crippen molar-refractivity contribution in [2.45, 2.75) is 22.8 Å². The average molecular weight is 302 g/mol. The number of nitrogens with two attached hydrogens (primary N) is 1. The second kappa shape index (κ2) is 6.93. The lowest BCUT2D eigenvalue weighted by Crippen LogP contribution is -2.42. The SMILES string of the molecule is CCNC(CSc1ccc(S(C)(=O)=O)cc1)C(N)=O. The largest absolute Gasteiger partial charge is 0.368 e. The van der Waals surface area contributed by atoms with Crippen LogP contribution in [0.3, 0.4) is 0 Å². The van der Waals surface area contributed by atoms with Crippen molar-refractivity contribution in [2.75, 3.05) is 18.6 Å². The lowest BCUT2D eigenvalue weighted by Gasteiger charge is -2.13. The first-order valence-electron chi connectivity index (χ1n) is 5.80. The Morgan fingerprint density at radius 1 is 1.37 bits per heavy atom. The van der Waals surface area contributed by atoms with Gasteiger partial charge in [-0.15, -0.1) is 11.8 Å². The minimum Gasteiger partial charge on any atom is -0.368 e. The highest BCUT2D eigenvalue weighted by atomic mass is 32.2. The fraction of sp³-hybridized carbons (Fsp3) is 0.417. The van der Waals surface area contributed by atoms with Gasteiger partial charge in [0.05, 0.1) is 10.9 Å². The maximum absolute atomic E-state index is 11.3. The smallest absolute Gasteiger partial charge is 0.235 e. The number of primary amides is 1. The van der Waals surface area contributed by atoms with Crippen LogP contribution >= 0.6 is 11.8 Å². The Morgan fingerprint density at radius 3 is 2.37 bits per heavy atom. The maximum atomic E-state index is 11.3. The topological polar surface area (TPSA) is 89.3 Å². The zero-order valence-corrected chi connectivity index (χ0v) is 12.6. The first kappa shape index (κ1) is 16.0. The Morgan fingerprint density at radius 2 is 1.95 bits per heavy atom. The standard InChI is InChI=1S/C12H18N2O3S2/c1-3-14-11(12(13)15)8-18-9-4-6-10(7-5-9)19(2,16)17/h4-7,11,14H,3,8H2,1-2H3,(H2,13,15). The van der Waals surface area contributed by atoms with Crippen molar-refractivity contribution in [2.24, 2.45) is 5.73 Å². The molecule has 0 heterocycles. The summed E-state index contributed by atoms with van der Waals surface area (Å²) in [6, 6.07) is 6.19. The van der Waals surface area contributed by atoms with E-state index >= 15 is 0 Å². The molecule has 0 bridgehead atoms. The molecular weight excluding hydrogens is 284 g/mol. The maximum Gasteiger partial charge on any atom is 0.235 e. The minimum absolute atomic E-state index is 0.287. The van der Waals surface area contributed by atoms with Gasteiger partial charge in [0.15, 0.2) is 9.84 Å². The van der Waals surface area contributed by atoms with Gasteiger partial charge in [-0.25, -0.2) is 8.42 Å². The Kier molecular flexibility index (Phi) is 5.84. The van der Waals surface area contributed by atoms with E-state index in [1.807, 2.05) is 6.92 Å². The number of hydrogen-bond acceptors (Lipinski definition) is 5. The Labute approximate surface area is 117 Å². The first-order chi connectivity index (χ1) is 8.84. The van der Waals surface area contributed by atoms with Crippen LogP contribution in [0.1, 0.15) is 6.92 Å². The normalized spacial score (nSPS) is 13.2. The van der Waals surface area contributed by atoms with Crippen LogP contribution in [0.25, 0.3) is 0 Å². The molecule has 0 aliphatic carbocycles. The number of sulfone groups is 1. The summed E-state index contributed by atoms with van der Waals surface area (Å²) in [5, 5.41) is 3.00. The molecule has 7 heteroatoms. The molecule has 19 heavy (non-hydrogen) atoms. The van der Waals surface area contributed by atoms with Gasteiger partial charge in [-0.05, 0) is 30.8 Å². The summed E-state index contributed by atoms with van der Waals surface area (Å²) in [4.78, 5) is 12.3. The molecule has 0 aliphatic heterocycles. The highest BCUT2D eigenvalue weighted by Crippen LogP contribution is 2.21. The van der Waals surface area contributed by atoms with Crippen LogP contribution < -0.4 is 11.1 Å². The van der Waals surface area contributed by atoms with Gasteiger partial charge in [0.2, 0.25) is 5.91 Å². The van der Waals surface area contributed by atoms with E-state index in [1.165, 1.54) is 18.0 Å². The number of benzene rings is 1. The molecule has 1 rings (SSSR count). The molecule has 0 aliphatic rings. The molecule has 1 unspecified atom stereocenters. The van der Waals surface area contributed by atoms with Crippen LogP contribution in [-0.2, 0) is 14.6 Å². The van der Waals surface area contributed by atoms with Crippen molar-refractivity contribution < 1.29 is 13.2 Å². The van der Waals surface area contributed by atoms with Crippen molar-refractivity contribution in [1.82, 2.24) is 5.32 Å². The third kappa shape index (κ3) is 5.22. The second-order valence-electron chi connectivity index (χ2n) is 4.07. The van der Waals surface area contributed by atoms with Crippen molar-refractivity contribution in [3.63, 3.8) is 0 Å². The van der Waals surface area contributed by atoms with E-state index in [2.05, 4.69) is 5.32 Å². The van der Waals surface area contributed by atoms with Gasteiger partial charge in [-0.2, -0.15) is 0 Å². The predicted molar refractivity (Wildman–Crippen MR) is 76.9 cm³/mol. The van der Waals surface area contributed by atoms with Gasteiger partial charge >= 0.3 is 0 Å². The minimum atomic E-state index is -3.17. The van der Waals surface area contributed by atoms with E-state index < -0.39 is 9.84 Å². The van der Waals surface area contributed by atoms with Gasteiger partial charge in [-0.1, -0.05) is 6.92 Å². The molecular formula is C12H18N2O3S2. The van der Waals surface area contributed by atoms with Crippen molar-refractivity contribution >= 4 is 27.5 Å². The van der Waals surface area contributed by atoms with Gasteiger partial charge in [0.1, 0.15) is 0 Å². The lowest BCUT2D eigenvalue weighted by molar-refractivity contribution is -0.119. The summed E-state index contributed by atoms with van der Waals surface area (Å²) < 4.78 is 22.6. The van der Waals surface area contributed by atoms with Gasteiger partial charge in [-0.3, -0.25) is 4.79 Å². The van der Waals surface area contributed by atoms with Crippen LogP contribution in [0.2, 0.25) is 0 Å². The van der Waals surface area contributed by atoms with E-state index in [0.717, 1.165) is 4.90 Å². The summed E-state index contributed by atoms with van der Waals surface area (Å²) in [5.74, 6) is 0.128. The highest BCUT2D eigenvalue weighted by molar-refractivity contribution is 7.99. The predicted octanol–water partition coefficient (Wildman–Crippen LogP) is 0.646. The van der Waals surface area contributed by atoms with Gasteiger partial charge in [0, 0.05) is 16.9 Å². The third-order valence-corrected chi connectivity index (χ3v) is 4.70. The van der Waals surface area contributed by atoms with Crippen LogP contribution in [0.4, 0.5) is 0 Å². The van der Waals surface area contributed by atoms with Gasteiger partial charge in [0.25, 0.3) is 0 Å². The van der Waals surface area contributed by atoms with Gasteiger partial charge < -0.3 is 11.1 Å². The number of nitrogens with one attached hydrogen (secondary N) is 1. The Bertz CT molecular complexity index is 526. The quantitative estimate of drug-likeness (QED) is 0.722. The van der Waals surface area contributed by atoms with E-state index in [4.69, 9.17) is 5.73 Å². The fourth-order valence-corrected chi connectivity index (χ4v) is 3.05. The zero-order chi connectivity index (χ0) is 14.5.